The molecule has 254 valence electrons. The number of carbonyl (C=O) groups is 2. The molecule has 0 spiro atoms. The van der Waals surface area contributed by atoms with Gasteiger partial charge >= 0.3 is 0 Å². The largest absolute Gasteiger partial charge is 0.378 e. The van der Waals surface area contributed by atoms with Crippen LogP contribution in [-0.2, 0) is 22.7 Å². The molecule has 1 aliphatic heterocycles. The van der Waals surface area contributed by atoms with Crippen LogP contribution in [0.1, 0.15) is 34.1 Å². The first-order valence-electron chi connectivity index (χ1n) is 16.5. The fourth-order valence-corrected chi connectivity index (χ4v) is 7.73. The third-order valence-electron chi connectivity index (χ3n) is 8.28. The van der Waals surface area contributed by atoms with Crippen LogP contribution in [0.2, 0.25) is 0 Å². The number of hydrogen-bond acceptors (Lipinski definition) is 6. The minimum atomic E-state index is -0.0159. The Hall–Kier alpha value is -4.54. The molecule has 0 saturated heterocycles. The summed E-state index contributed by atoms with van der Waals surface area (Å²) < 4.78 is 4.09. The number of nitrogens with zero attached hydrogens (tertiary/aromatic N) is 4. The van der Waals surface area contributed by atoms with Crippen LogP contribution < -0.4 is 29.6 Å². The number of anilines is 2. The summed E-state index contributed by atoms with van der Waals surface area (Å²) in [5.74, 6) is 1.83. The Morgan fingerprint density at radius 3 is 2.10 bits per heavy atom. The second-order valence-electron chi connectivity index (χ2n) is 12.3. The van der Waals surface area contributed by atoms with Gasteiger partial charge in [-0.05, 0) is 59.7 Å². The van der Waals surface area contributed by atoms with E-state index in [1.165, 1.54) is 0 Å². The van der Waals surface area contributed by atoms with E-state index >= 15 is 0 Å². The smallest absolute Gasteiger partial charge is 0.286 e. The second kappa shape index (κ2) is 17.7. The van der Waals surface area contributed by atoms with Crippen LogP contribution in [0.4, 0.5) is 11.4 Å². The number of pyridine rings is 2. The highest BCUT2D eigenvalue weighted by Gasteiger charge is 2.30. The number of benzene rings is 2. The van der Waals surface area contributed by atoms with Crippen molar-refractivity contribution in [3.8, 4) is 0 Å². The van der Waals surface area contributed by atoms with Crippen LogP contribution in [0.25, 0.3) is 24.3 Å². The molecule has 2 N–H and O–H groups in total. The van der Waals surface area contributed by atoms with Crippen LogP contribution in [0.15, 0.2) is 91.1 Å². The van der Waals surface area contributed by atoms with Gasteiger partial charge < -0.3 is 20.4 Å². The number of hydrogen-bond donors (Lipinski definition) is 2. The normalized spacial score (nSPS) is 14.4. The molecule has 1 aliphatic rings. The Morgan fingerprint density at radius 1 is 0.816 bits per heavy atom. The Balaban J connectivity index is 1.10. The SMILES string of the molecule is CN(C)c1ccc(/C=C/c2cccc[n+]2CC(=O)NCCSSCC2CNC(=O)C[n+]3c(/C=C/c4ccc(N(C)C)cc4)cccc32)cc1. The monoisotopic (exact) mass is 694 g/mol. The molecule has 1 unspecified atom stereocenters. The molecule has 10 heteroatoms. The molecule has 0 bridgehead atoms. The zero-order valence-electron chi connectivity index (χ0n) is 28.7. The fourth-order valence-electron chi connectivity index (χ4n) is 5.49. The minimum Gasteiger partial charge on any atom is -0.378 e. The van der Waals surface area contributed by atoms with Gasteiger partial charge in [-0.1, -0.05) is 45.9 Å². The zero-order valence-corrected chi connectivity index (χ0v) is 30.3. The van der Waals surface area contributed by atoms with Crippen molar-refractivity contribution in [1.29, 1.82) is 0 Å². The molecule has 2 aromatic heterocycles. The quantitative estimate of drug-likeness (QED) is 0.108. The maximum atomic E-state index is 12.8. The highest BCUT2D eigenvalue weighted by Crippen LogP contribution is 2.28. The first-order valence-corrected chi connectivity index (χ1v) is 19.0. The first-order chi connectivity index (χ1) is 23.8. The predicted molar refractivity (Wildman–Crippen MR) is 206 cm³/mol. The summed E-state index contributed by atoms with van der Waals surface area (Å²) in [6, 6.07) is 29.0. The van der Waals surface area contributed by atoms with Crippen LogP contribution in [-0.4, -0.2) is 64.6 Å². The van der Waals surface area contributed by atoms with E-state index in [0.29, 0.717) is 19.6 Å². The molecule has 8 nitrogen and oxygen atoms in total. The van der Waals surface area contributed by atoms with E-state index in [1.807, 2.05) is 63.2 Å². The van der Waals surface area contributed by atoms with E-state index in [4.69, 9.17) is 0 Å². The molecule has 2 aromatic carbocycles. The Morgan fingerprint density at radius 2 is 1.45 bits per heavy atom. The Labute approximate surface area is 298 Å². The van der Waals surface area contributed by atoms with Gasteiger partial charge in [-0.2, -0.15) is 9.13 Å². The summed E-state index contributed by atoms with van der Waals surface area (Å²) in [6.07, 6.45) is 10.2. The lowest BCUT2D eigenvalue weighted by atomic mass is 10.1. The van der Waals surface area contributed by atoms with Gasteiger partial charge in [0.25, 0.3) is 11.8 Å². The molecule has 4 aromatic rings. The highest BCUT2D eigenvalue weighted by atomic mass is 33.1. The third kappa shape index (κ3) is 10.5. The highest BCUT2D eigenvalue weighted by molar-refractivity contribution is 8.76. The summed E-state index contributed by atoms with van der Waals surface area (Å²) in [6.45, 7) is 1.75. The van der Waals surface area contributed by atoms with Crippen LogP contribution in [0.3, 0.4) is 0 Å². The molecular weight excluding hydrogens is 649 g/mol. The number of aromatic nitrogens is 2. The van der Waals surface area contributed by atoms with Gasteiger partial charge in [-0.25, -0.2) is 0 Å². The van der Waals surface area contributed by atoms with Gasteiger partial charge in [0.15, 0.2) is 11.9 Å². The van der Waals surface area contributed by atoms with Crippen molar-refractivity contribution in [2.45, 2.75) is 19.0 Å². The maximum absolute atomic E-state index is 12.8. The third-order valence-corrected chi connectivity index (χ3v) is 10.8. The lowest BCUT2D eigenvalue weighted by molar-refractivity contribution is -0.693. The van der Waals surface area contributed by atoms with Gasteiger partial charge in [0.1, 0.15) is 0 Å². The minimum absolute atomic E-state index is 0.0159. The van der Waals surface area contributed by atoms with Crippen LogP contribution in [0.5, 0.6) is 0 Å². The summed E-state index contributed by atoms with van der Waals surface area (Å²) in [5.41, 5.74) is 7.65. The van der Waals surface area contributed by atoms with Crippen molar-refractivity contribution < 1.29 is 18.7 Å². The maximum Gasteiger partial charge on any atom is 0.286 e. The summed E-state index contributed by atoms with van der Waals surface area (Å²) in [4.78, 5) is 29.6. The van der Waals surface area contributed by atoms with Gasteiger partial charge in [0.05, 0.1) is 5.92 Å². The van der Waals surface area contributed by atoms with Gasteiger partial charge in [-0.3, -0.25) is 9.59 Å². The van der Waals surface area contributed by atoms with E-state index in [1.54, 1.807) is 21.6 Å². The zero-order chi connectivity index (χ0) is 34.6. The molecule has 0 saturated carbocycles. The molecule has 5 rings (SSSR count). The Bertz CT molecular complexity index is 1770. The van der Waals surface area contributed by atoms with Crippen molar-refractivity contribution in [3.63, 3.8) is 0 Å². The summed E-state index contributed by atoms with van der Waals surface area (Å²) in [5, 5.41) is 6.17. The van der Waals surface area contributed by atoms with Gasteiger partial charge in [-0.15, -0.1) is 0 Å². The van der Waals surface area contributed by atoms with E-state index in [9.17, 15) is 9.59 Å². The van der Waals surface area contributed by atoms with Crippen molar-refractivity contribution in [2.24, 2.45) is 0 Å². The van der Waals surface area contributed by atoms with Gasteiger partial charge in [0, 0.05) is 101 Å². The van der Waals surface area contributed by atoms with Gasteiger partial charge in [0.2, 0.25) is 24.5 Å². The number of nitrogens with one attached hydrogen (secondary N) is 2. The summed E-state index contributed by atoms with van der Waals surface area (Å²) in [7, 11) is 11.6. The van der Waals surface area contributed by atoms with Crippen LogP contribution >= 0.6 is 21.6 Å². The summed E-state index contributed by atoms with van der Waals surface area (Å²) >= 11 is 0. The number of fused-ring (bicyclic) bond motifs is 1. The van der Waals surface area contributed by atoms with Crippen molar-refractivity contribution >= 4 is 69.1 Å². The lowest BCUT2D eigenvalue weighted by Crippen LogP contribution is -2.45. The van der Waals surface area contributed by atoms with Crippen molar-refractivity contribution in [3.05, 3.63) is 119 Å². The second-order valence-corrected chi connectivity index (χ2v) is 14.9. The number of amides is 2. The standard InChI is InChI=1S/C39H44N6O2S2/c1-42(2)33-17-11-30(12-18-33)15-21-35-8-5-6-24-44(35)27-38(46)40-23-25-48-49-29-32-26-41-39(47)28-45-36(9-7-10-37(32)45)22-16-31-13-19-34(20-14-31)43(3)4/h5-22,24,32H,23,25-29H2,1-4H3/p+2. The molecule has 1 atom stereocenters. The molecule has 0 aliphatic carbocycles. The molecular formula is C39H46N6O2S2+2. The van der Waals surface area contributed by atoms with E-state index in [-0.39, 0.29) is 24.3 Å². The molecule has 0 radical (unpaired) electrons. The van der Waals surface area contributed by atoms with Crippen LogP contribution in [0, 0.1) is 0 Å². The molecule has 2 amide bonds. The fraction of sp³-hybridized carbons (Fsp3) is 0.282. The topological polar surface area (TPSA) is 72.4 Å². The average molecular weight is 695 g/mol. The van der Waals surface area contributed by atoms with Crippen molar-refractivity contribution in [2.75, 3.05) is 62.6 Å². The predicted octanol–water partition coefficient (Wildman–Crippen LogP) is 5.15. The Kier molecular flexibility index (Phi) is 12.9. The number of carbonyl (C=O) groups excluding carboxylic acids is 2. The molecule has 3 heterocycles. The number of rotatable bonds is 14. The van der Waals surface area contributed by atoms with Crippen molar-refractivity contribution in [1.82, 2.24) is 10.6 Å². The molecule has 49 heavy (non-hydrogen) atoms. The van der Waals surface area contributed by atoms with E-state index in [0.717, 1.165) is 51.1 Å². The average Bonchev–Trinajstić information content (AvgIpc) is 3.27. The lowest BCUT2D eigenvalue weighted by Gasteiger charge is -2.13. The molecule has 0 fully saturated rings. The van der Waals surface area contributed by atoms with E-state index < -0.39 is 0 Å². The van der Waals surface area contributed by atoms with E-state index in [2.05, 4.69) is 110 Å². The first kappa shape index (κ1) is 35.8.